The van der Waals surface area contributed by atoms with E-state index in [2.05, 4.69) is 23.8 Å². The summed E-state index contributed by atoms with van der Waals surface area (Å²) in [6, 6.07) is 0. The normalized spacial score (nSPS) is 10.9. The third-order valence-corrected chi connectivity index (χ3v) is 2.23. The molecule has 1 aromatic heterocycles. The third-order valence-electron chi connectivity index (χ3n) is 2.23. The molecule has 1 heterocycles. The number of nitrogens with zero attached hydrogens (tertiary/aromatic N) is 1. The van der Waals surface area contributed by atoms with Gasteiger partial charge in [0.25, 0.3) is 5.56 Å². The molecule has 1 aromatic rings. The summed E-state index contributed by atoms with van der Waals surface area (Å²) in [6.45, 7) is 8.10. The number of H-pyrrole nitrogens is 1. The SMILES string of the molecule is CCc1c(C)nc(CC(C)C)[nH]c1=O. The van der Waals surface area contributed by atoms with E-state index >= 15 is 0 Å². The lowest BCUT2D eigenvalue weighted by Gasteiger charge is -2.07. The number of aromatic nitrogens is 2. The maximum Gasteiger partial charge on any atom is 0.254 e. The largest absolute Gasteiger partial charge is 0.310 e. The predicted octanol–water partition coefficient (Wildman–Crippen LogP) is 1.84. The van der Waals surface area contributed by atoms with Gasteiger partial charge >= 0.3 is 0 Å². The maximum absolute atomic E-state index is 11.6. The zero-order valence-electron chi connectivity index (χ0n) is 9.35. The number of hydrogen-bond acceptors (Lipinski definition) is 2. The highest BCUT2D eigenvalue weighted by Gasteiger charge is 2.06. The monoisotopic (exact) mass is 194 g/mol. The van der Waals surface area contributed by atoms with Gasteiger partial charge in [-0.15, -0.1) is 0 Å². The number of aryl methyl sites for hydroxylation is 1. The number of rotatable bonds is 3. The summed E-state index contributed by atoms with van der Waals surface area (Å²) in [5.41, 5.74) is 1.69. The standard InChI is InChI=1S/C11H18N2O/c1-5-9-8(4)12-10(6-7(2)3)13-11(9)14/h7H,5-6H2,1-4H3,(H,12,13,14). The molecular weight excluding hydrogens is 176 g/mol. The van der Waals surface area contributed by atoms with Crippen molar-refractivity contribution >= 4 is 0 Å². The Labute approximate surface area is 84.6 Å². The van der Waals surface area contributed by atoms with Crippen LogP contribution in [0.3, 0.4) is 0 Å². The molecule has 0 saturated carbocycles. The summed E-state index contributed by atoms with van der Waals surface area (Å²) >= 11 is 0. The molecule has 0 radical (unpaired) electrons. The van der Waals surface area contributed by atoms with E-state index in [0.29, 0.717) is 5.92 Å². The topological polar surface area (TPSA) is 45.8 Å². The summed E-state index contributed by atoms with van der Waals surface area (Å²) < 4.78 is 0. The summed E-state index contributed by atoms with van der Waals surface area (Å²) in [5.74, 6) is 1.32. The molecule has 0 saturated heterocycles. The van der Waals surface area contributed by atoms with Gasteiger partial charge < -0.3 is 4.98 Å². The summed E-state index contributed by atoms with van der Waals surface area (Å²) in [6.07, 6.45) is 1.58. The fourth-order valence-corrected chi connectivity index (χ4v) is 1.57. The Morgan fingerprint density at radius 1 is 1.43 bits per heavy atom. The van der Waals surface area contributed by atoms with Gasteiger partial charge in [-0.2, -0.15) is 0 Å². The first-order chi connectivity index (χ1) is 6.54. The average Bonchev–Trinajstić information content (AvgIpc) is 2.01. The van der Waals surface area contributed by atoms with Crippen LogP contribution in [0.4, 0.5) is 0 Å². The first-order valence-electron chi connectivity index (χ1n) is 5.13. The van der Waals surface area contributed by atoms with Crippen LogP contribution in [0.1, 0.15) is 37.9 Å². The maximum atomic E-state index is 11.6. The lowest BCUT2D eigenvalue weighted by atomic mass is 10.1. The minimum Gasteiger partial charge on any atom is -0.310 e. The Morgan fingerprint density at radius 2 is 2.07 bits per heavy atom. The van der Waals surface area contributed by atoms with Crippen molar-refractivity contribution in [2.75, 3.05) is 0 Å². The number of nitrogens with one attached hydrogen (secondary N) is 1. The van der Waals surface area contributed by atoms with Crippen LogP contribution >= 0.6 is 0 Å². The van der Waals surface area contributed by atoms with Crippen molar-refractivity contribution < 1.29 is 0 Å². The second kappa shape index (κ2) is 4.40. The van der Waals surface area contributed by atoms with Crippen molar-refractivity contribution in [3.05, 3.63) is 27.4 Å². The van der Waals surface area contributed by atoms with Crippen molar-refractivity contribution in [1.29, 1.82) is 0 Å². The highest BCUT2D eigenvalue weighted by Crippen LogP contribution is 2.04. The molecule has 0 aromatic carbocycles. The van der Waals surface area contributed by atoms with E-state index in [1.54, 1.807) is 0 Å². The van der Waals surface area contributed by atoms with E-state index in [9.17, 15) is 4.79 Å². The molecule has 0 spiro atoms. The van der Waals surface area contributed by atoms with Gasteiger partial charge in [0, 0.05) is 17.7 Å². The summed E-state index contributed by atoms with van der Waals surface area (Å²) in [7, 11) is 0. The highest BCUT2D eigenvalue weighted by atomic mass is 16.1. The first-order valence-corrected chi connectivity index (χ1v) is 5.13. The lowest BCUT2D eigenvalue weighted by Crippen LogP contribution is -2.19. The summed E-state index contributed by atoms with van der Waals surface area (Å²) in [4.78, 5) is 18.8. The van der Waals surface area contributed by atoms with E-state index in [4.69, 9.17) is 0 Å². The molecule has 0 aliphatic rings. The Hall–Kier alpha value is -1.12. The Morgan fingerprint density at radius 3 is 2.50 bits per heavy atom. The van der Waals surface area contributed by atoms with Crippen LogP contribution in [0.2, 0.25) is 0 Å². The van der Waals surface area contributed by atoms with E-state index in [1.807, 2.05) is 13.8 Å². The van der Waals surface area contributed by atoms with Crippen LogP contribution in [0.5, 0.6) is 0 Å². The molecule has 0 aliphatic heterocycles. The quantitative estimate of drug-likeness (QED) is 0.798. The minimum atomic E-state index is 0.0238. The molecule has 14 heavy (non-hydrogen) atoms. The van der Waals surface area contributed by atoms with Crippen LogP contribution in [-0.4, -0.2) is 9.97 Å². The van der Waals surface area contributed by atoms with Gasteiger partial charge in [-0.05, 0) is 19.3 Å². The van der Waals surface area contributed by atoms with Crippen LogP contribution in [0, 0.1) is 12.8 Å². The molecule has 78 valence electrons. The molecule has 0 fully saturated rings. The van der Waals surface area contributed by atoms with E-state index in [1.165, 1.54) is 0 Å². The fourth-order valence-electron chi connectivity index (χ4n) is 1.57. The Bertz CT molecular complexity index is 366. The van der Waals surface area contributed by atoms with Crippen LogP contribution in [0.25, 0.3) is 0 Å². The molecule has 0 atom stereocenters. The lowest BCUT2D eigenvalue weighted by molar-refractivity contribution is 0.615. The molecule has 1 N–H and O–H groups in total. The Kier molecular flexibility index (Phi) is 3.44. The van der Waals surface area contributed by atoms with Gasteiger partial charge in [-0.3, -0.25) is 4.79 Å². The zero-order valence-corrected chi connectivity index (χ0v) is 9.35. The molecule has 3 nitrogen and oxygen atoms in total. The molecule has 0 unspecified atom stereocenters. The van der Waals surface area contributed by atoms with Crippen LogP contribution < -0.4 is 5.56 Å². The molecular formula is C11H18N2O. The molecule has 0 bridgehead atoms. The van der Waals surface area contributed by atoms with Gasteiger partial charge in [-0.25, -0.2) is 4.98 Å². The van der Waals surface area contributed by atoms with Gasteiger partial charge in [0.05, 0.1) is 0 Å². The second-order valence-corrected chi connectivity index (χ2v) is 4.03. The third kappa shape index (κ3) is 2.44. The second-order valence-electron chi connectivity index (χ2n) is 4.03. The van der Waals surface area contributed by atoms with Crippen LogP contribution in [0.15, 0.2) is 4.79 Å². The zero-order chi connectivity index (χ0) is 10.7. The predicted molar refractivity (Wildman–Crippen MR) is 57.5 cm³/mol. The average molecular weight is 194 g/mol. The van der Waals surface area contributed by atoms with Crippen LogP contribution in [-0.2, 0) is 12.8 Å². The van der Waals surface area contributed by atoms with Crippen molar-refractivity contribution in [3.63, 3.8) is 0 Å². The fraction of sp³-hybridized carbons (Fsp3) is 0.636. The number of hydrogen-bond donors (Lipinski definition) is 1. The molecule has 0 aliphatic carbocycles. The Balaban J connectivity index is 3.08. The summed E-state index contributed by atoms with van der Waals surface area (Å²) in [5, 5.41) is 0. The molecule has 3 heteroatoms. The minimum absolute atomic E-state index is 0.0238. The van der Waals surface area contributed by atoms with Crippen molar-refractivity contribution in [2.45, 2.75) is 40.5 Å². The molecule has 1 rings (SSSR count). The smallest absolute Gasteiger partial charge is 0.254 e. The molecule has 0 amide bonds. The van der Waals surface area contributed by atoms with Gasteiger partial charge in [0.2, 0.25) is 0 Å². The highest BCUT2D eigenvalue weighted by molar-refractivity contribution is 5.16. The van der Waals surface area contributed by atoms with Gasteiger partial charge in [0.15, 0.2) is 0 Å². The van der Waals surface area contributed by atoms with E-state index < -0.39 is 0 Å². The van der Waals surface area contributed by atoms with Gasteiger partial charge in [-0.1, -0.05) is 20.8 Å². The van der Waals surface area contributed by atoms with Gasteiger partial charge in [0.1, 0.15) is 5.82 Å². The first kappa shape index (κ1) is 11.0. The van der Waals surface area contributed by atoms with Crippen molar-refractivity contribution in [1.82, 2.24) is 9.97 Å². The van der Waals surface area contributed by atoms with E-state index in [-0.39, 0.29) is 5.56 Å². The van der Waals surface area contributed by atoms with Crippen molar-refractivity contribution in [2.24, 2.45) is 5.92 Å². The van der Waals surface area contributed by atoms with Crippen molar-refractivity contribution in [3.8, 4) is 0 Å². The number of aromatic amines is 1. The van der Waals surface area contributed by atoms with E-state index in [0.717, 1.165) is 29.9 Å².